The lowest BCUT2D eigenvalue weighted by Gasteiger charge is -2.22. The van der Waals surface area contributed by atoms with Crippen LogP contribution in [-0.4, -0.2) is 23.0 Å². The molecule has 1 saturated heterocycles. The zero-order valence-electron chi connectivity index (χ0n) is 17.1. The van der Waals surface area contributed by atoms with Crippen molar-refractivity contribution < 1.29 is 19.4 Å². The molecule has 0 spiro atoms. The predicted molar refractivity (Wildman–Crippen MR) is 115 cm³/mol. The summed E-state index contributed by atoms with van der Waals surface area (Å²) in [7, 11) is 0. The van der Waals surface area contributed by atoms with Gasteiger partial charge in [-0.1, -0.05) is 92.8 Å². The molecule has 4 nitrogen and oxygen atoms in total. The molecule has 2 aromatic rings. The van der Waals surface area contributed by atoms with Crippen LogP contribution in [0, 0.1) is 5.92 Å². The number of carbonyl (C=O) groups excluding carboxylic acids is 2. The summed E-state index contributed by atoms with van der Waals surface area (Å²) in [6.07, 6.45) is 6.02. The van der Waals surface area contributed by atoms with Crippen LogP contribution in [-0.2, 0) is 20.7 Å². The van der Waals surface area contributed by atoms with Crippen LogP contribution in [0.5, 0.6) is 0 Å². The molecule has 0 amide bonds. The average molecular weight is 405 g/mol. The van der Waals surface area contributed by atoms with E-state index >= 15 is 0 Å². The van der Waals surface area contributed by atoms with Crippen molar-refractivity contribution in [2.45, 2.75) is 57.0 Å². The molecule has 2 aromatic carbocycles. The number of esters is 1. The molecule has 4 heteroatoms. The molecule has 2 atom stereocenters. The van der Waals surface area contributed by atoms with E-state index in [0.29, 0.717) is 18.8 Å². The largest absolute Gasteiger partial charge is 0.511 e. The highest BCUT2D eigenvalue weighted by Crippen LogP contribution is 2.35. The number of cyclic esters (lactones) is 1. The van der Waals surface area contributed by atoms with Gasteiger partial charge in [0.05, 0.1) is 0 Å². The Bertz CT molecular complexity index is 911. The second-order valence-corrected chi connectivity index (χ2v) is 8.41. The Morgan fingerprint density at radius 1 is 0.933 bits per heavy atom. The molecule has 1 aliphatic heterocycles. The van der Waals surface area contributed by atoms with E-state index < -0.39 is 18.0 Å². The number of aliphatic hydroxyl groups excluding tert-OH is 1. The number of ether oxygens (including phenoxy) is 1. The molecular formula is C26H28O4. The highest BCUT2D eigenvalue weighted by molar-refractivity contribution is 6.23. The Morgan fingerprint density at radius 3 is 2.23 bits per heavy atom. The molecule has 0 aromatic heterocycles. The van der Waals surface area contributed by atoms with Crippen molar-refractivity contribution in [2.24, 2.45) is 5.92 Å². The van der Waals surface area contributed by atoms with E-state index in [0.717, 1.165) is 24.0 Å². The van der Waals surface area contributed by atoms with E-state index in [-0.39, 0.29) is 17.1 Å². The summed E-state index contributed by atoms with van der Waals surface area (Å²) in [5, 5.41) is 11.1. The highest BCUT2D eigenvalue weighted by Gasteiger charge is 2.43. The molecule has 0 bridgehead atoms. The van der Waals surface area contributed by atoms with Crippen LogP contribution in [0.25, 0.3) is 0 Å². The number of carbonyl (C=O) groups is 2. The second-order valence-electron chi connectivity index (χ2n) is 8.41. The normalized spacial score (nSPS) is 22.6. The predicted octanol–water partition coefficient (Wildman–Crippen LogP) is 5.29. The minimum absolute atomic E-state index is 0.166. The lowest BCUT2D eigenvalue weighted by molar-refractivity contribution is -0.141. The number of rotatable bonds is 6. The first kappa shape index (κ1) is 20.4. The minimum Gasteiger partial charge on any atom is -0.511 e. The summed E-state index contributed by atoms with van der Waals surface area (Å²) in [5.74, 6) is -1.29. The zero-order valence-corrected chi connectivity index (χ0v) is 17.1. The van der Waals surface area contributed by atoms with E-state index in [9.17, 15) is 14.7 Å². The average Bonchev–Trinajstić information content (AvgIpc) is 3.06. The standard InChI is InChI=1S/C26H28O4/c27-24(21(20-14-8-3-9-15-20)16-18-10-4-1-5-11-18)23-25(28)22(30-26(23)29)17-19-12-6-2-7-13-19/h1,3-5,8-11,14-15,19,21-22,27H,2,6-7,12-13,16-17H2/b24-23+. The number of allylic oxidation sites excluding steroid dienone is 1. The summed E-state index contributed by atoms with van der Waals surface area (Å²) < 4.78 is 5.44. The van der Waals surface area contributed by atoms with Gasteiger partial charge in [0, 0.05) is 5.92 Å². The molecule has 1 heterocycles. The molecule has 156 valence electrons. The van der Waals surface area contributed by atoms with Gasteiger partial charge in [-0.15, -0.1) is 0 Å². The number of hydrogen-bond acceptors (Lipinski definition) is 4. The fourth-order valence-electron chi connectivity index (χ4n) is 4.70. The molecule has 1 N–H and O–H groups in total. The lowest BCUT2D eigenvalue weighted by Crippen LogP contribution is -2.22. The highest BCUT2D eigenvalue weighted by atomic mass is 16.6. The number of hydrogen-bond donors (Lipinski definition) is 1. The van der Waals surface area contributed by atoms with Gasteiger partial charge in [-0.25, -0.2) is 4.79 Å². The van der Waals surface area contributed by atoms with Crippen LogP contribution in [0.4, 0.5) is 0 Å². The number of ketones is 1. The van der Waals surface area contributed by atoms with Gasteiger partial charge in [-0.2, -0.15) is 0 Å². The van der Waals surface area contributed by atoms with Gasteiger partial charge in [-0.05, 0) is 29.9 Å². The molecule has 2 unspecified atom stereocenters. The van der Waals surface area contributed by atoms with Crippen molar-refractivity contribution in [3.63, 3.8) is 0 Å². The van der Waals surface area contributed by atoms with Gasteiger partial charge in [-0.3, -0.25) is 4.79 Å². The van der Waals surface area contributed by atoms with Crippen LogP contribution in [0.3, 0.4) is 0 Å². The van der Waals surface area contributed by atoms with Gasteiger partial charge < -0.3 is 9.84 Å². The Labute approximate surface area is 177 Å². The Balaban J connectivity index is 1.62. The summed E-state index contributed by atoms with van der Waals surface area (Å²) in [5.41, 5.74) is 1.72. The Hall–Kier alpha value is -2.88. The van der Waals surface area contributed by atoms with Crippen LogP contribution >= 0.6 is 0 Å². The van der Waals surface area contributed by atoms with Crippen molar-refractivity contribution in [1.82, 2.24) is 0 Å². The summed E-state index contributed by atoms with van der Waals surface area (Å²) >= 11 is 0. The van der Waals surface area contributed by atoms with Gasteiger partial charge in [0.25, 0.3) is 0 Å². The molecule has 4 rings (SSSR count). The third-order valence-electron chi connectivity index (χ3n) is 6.34. The van der Waals surface area contributed by atoms with Gasteiger partial charge in [0.2, 0.25) is 5.78 Å². The third-order valence-corrected chi connectivity index (χ3v) is 6.34. The maximum absolute atomic E-state index is 13.1. The van der Waals surface area contributed by atoms with E-state index in [1.807, 2.05) is 60.7 Å². The van der Waals surface area contributed by atoms with E-state index in [4.69, 9.17) is 4.74 Å². The first-order valence-electron chi connectivity index (χ1n) is 10.9. The SMILES string of the molecule is O=C1OC(CC2CCCCC2)C(=O)/C1=C(\O)C(Cc1ccccc1)c1ccccc1. The smallest absolute Gasteiger partial charge is 0.346 e. The quantitative estimate of drug-likeness (QED) is 0.307. The summed E-state index contributed by atoms with van der Waals surface area (Å²) in [4.78, 5) is 25.7. The minimum atomic E-state index is -0.758. The second kappa shape index (κ2) is 9.29. The van der Waals surface area contributed by atoms with Crippen molar-refractivity contribution in [2.75, 3.05) is 0 Å². The summed E-state index contributed by atoms with van der Waals surface area (Å²) in [6.45, 7) is 0. The summed E-state index contributed by atoms with van der Waals surface area (Å²) in [6, 6.07) is 19.3. The van der Waals surface area contributed by atoms with Crippen molar-refractivity contribution in [1.29, 1.82) is 0 Å². The Kier molecular flexibility index (Phi) is 6.32. The van der Waals surface area contributed by atoms with Crippen molar-refractivity contribution >= 4 is 11.8 Å². The maximum atomic E-state index is 13.1. The van der Waals surface area contributed by atoms with Crippen LogP contribution in [0.15, 0.2) is 72.0 Å². The van der Waals surface area contributed by atoms with Crippen molar-refractivity contribution in [3.05, 3.63) is 83.1 Å². The fourth-order valence-corrected chi connectivity index (χ4v) is 4.70. The van der Waals surface area contributed by atoms with Crippen LogP contribution < -0.4 is 0 Å². The molecule has 1 saturated carbocycles. The van der Waals surface area contributed by atoms with Crippen LogP contribution in [0.2, 0.25) is 0 Å². The Morgan fingerprint density at radius 2 is 1.57 bits per heavy atom. The first-order chi connectivity index (χ1) is 14.6. The van der Waals surface area contributed by atoms with Gasteiger partial charge in [0.1, 0.15) is 11.3 Å². The topological polar surface area (TPSA) is 63.6 Å². The third kappa shape index (κ3) is 4.48. The molecular weight excluding hydrogens is 376 g/mol. The fraction of sp³-hybridized carbons (Fsp3) is 0.385. The molecule has 1 aliphatic carbocycles. The van der Waals surface area contributed by atoms with E-state index in [1.54, 1.807) is 0 Å². The van der Waals surface area contributed by atoms with Gasteiger partial charge in [0.15, 0.2) is 6.10 Å². The molecule has 30 heavy (non-hydrogen) atoms. The lowest BCUT2D eigenvalue weighted by atomic mass is 9.83. The zero-order chi connectivity index (χ0) is 20.9. The number of aliphatic hydroxyl groups is 1. The molecule has 2 fully saturated rings. The van der Waals surface area contributed by atoms with Crippen LogP contribution in [0.1, 0.15) is 55.6 Å². The van der Waals surface area contributed by atoms with Gasteiger partial charge >= 0.3 is 5.97 Å². The van der Waals surface area contributed by atoms with E-state index in [2.05, 4.69) is 0 Å². The number of benzene rings is 2. The maximum Gasteiger partial charge on any atom is 0.346 e. The van der Waals surface area contributed by atoms with E-state index in [1.165, 1.54) is 19.3 Å². The number of Topliss-reactive ketones (excluding diaryl/α,β-unsaturated/α-hetero) is 1. The molecule has 0 radical (unpaired) electrons. The first-order valence-corrected chi connectivity index (χ1v) is 10.9. The molecule has 2 aliphatic rings. The van der Waals surface area contributed by atoms with Crippen molar-refractivity contribution in [3.8, 4) is 0 Å². The monoisotopic (exact) mass is 404 g/mol.